The van der Waals surface area contributed by atoms with E-state index in [1.807, 2.05) is 30.4 Å². The quantitative estimate of drug-likeness (QED) is 0.225. The Morgan fingerprint density at radius 2 is 1.95 bits per heavy atom. The molecule has 0 unspecified atom stereocenters. The molecule has 0 aliphatic heterocycles. The molecule has 0 bridgehead atoms. The molecule has 1 atom stereocenters. The Balaban J connectivity index is 1.71. The number of ether oxygens (including phenoxy) is 1. The van der Waals surface area contributed by atoms with Gasteiger partial charge in [-0.2, -0.15) is 13.2 Å². The largest absolute Gasteiger partial charge is 0.494 e. The monoisotopic (exact) mass is 533 g/mol. The third kappa shape index (κ3) is 8.79. The second kappa shape index (κ2) is 13.5. The number of halogens is 4. The first-order valence-electron chi connectivity index (χ1n) is 12.2. The van der Waals surface area contributed by atoms with Gasteiger partial charge in [-0.05, 0) is 60.1 Å². The highest BCUT2D eigenvalue weighted by atomic mass is 35.5. The number of hydrogen-bond donors (Lipinski definition) is 1. The summed E-state index contributed by atoms with van der Waals surface area (Å²) in [6, 6.07) is 14.1. The molecule has 1 N–H and O–H groups in total. The van der Waals surface area contributed by atoms with Crippen molar-refractivity contribution < 1.29 is 27.8 Å². The molecule has 0 saturated carbocycles. The summed E-state index contributed by atoms with van der Waals surface area (Å²) in [5.41, 5.74) is 1.43. The highest BCUT2D eigenvalue weighted by molar-refractivity contribution is 6.32. The molecule has 3 rings (SSSR count). The Hall–Kier alpha value is -3.03. The van der Waals surface area contributed by atoms with E-state index in [9.17, 15) is 18.0 Å². The molecule has 198 valence electrons. The van der Waals surface area contributed by atoms with Gasteiger partial charge in [0.25, 0.3) is 0 Å². The Bertz CT molecular complexity index is 1140. The fourth-order valence-electron chi connectivity index (χ4n) is 4.33. The molecule has 0 aromatic heterocycles. The number of benzene rings is 2. The summed E-state index contributed by atoms with van der Waals surface area (Å²) >= 11 is 6.20. The molecular formula is C29H31ClF3NO3. The normalized spacial score (nSPS) is 15.6. The number of carbonyl (C=O) groups is 1. The van der Waals surface area contributed by atoms with E-state index in [2.05, 4.69) is 24.0 Å². The van der Waals surface area contributed by atoms with E-state index in [0.29, 0.717) is 49.4 Å². The topological polar surface area (TPSA) is 49.8 Å². The third-order valence-corrected chi connectivity index (χ3v) is 6.63. The smallest absolute Gasteiger partial charge is 0.417 e. The number of alkyl halides is 3. The first-order valence-corrected chi connectivity index (χ1v) is 12.6. The first-order chi connectivity index (χ1) is 17.7. The minimum atomic E-state index is -4.52. The lowest BCUT2D eigenvalue weighted by Crippen LogP contribution is -2.30. The number of aliphatic carboxylic acids is 1. The summed E-state index contributed by atoms with van der Waals surface area (Å²) in [6.07, 6.45) is 4.03. The molecule has 37 heavy (non-hydrogen) atoms. The zero-order valence-corrected chi connectivity index (χ0v) is 21.4. The zero-order valence-electron chi connectivity index (χ0n) is 20.7. The Morgan fingerprint density at radius 1 is 1.19 bits per heavy atom. The number of hydrogen-bond acceptors (Lipinski definition) is 3. The van der Waals surface area contributed by atoms with Crippen molar-refractivity contribution in [1.29, 1.82) is 0 Å². The van der Waals surface area contributed by atoms with Crippen molar-refractivity contribution in [3.8, 4) is 0 Å². The Morgan fingerprint density at radius 3 is 2.62 bits per heavy atom. The number of carboxylic acid groups (broad SMARTS) is 1. The molecule has 0 amide bonds. The van der Waals surface area contributed by atoms with E-state index in [1.54, 1.807) is 12.1 Å². The summed E-state index contributed by atoms with van der Waals surface area (Å²) in [6.45, 7) is 4.00. The van der Waals surface area contributed by atoms with Crippen LogP contribution in [0.1, 0.15) is 48.8 Å². The van der Waals surface area contributed by atoms with E-state index < -0.39 is 17.7 Å². The van der Waals surface area contributed by atoms with Gasteiger partial charge in [0.2, 0.25) is 0 Å². The van der Waals surface area contributed by atoms with Gasteiger partial charge in [-0.25, -0.2) is 4.79 Å². The van der Waals surface area contributed by atoms with Crippen LogP contribution < -0.4 is 0 Å². The number of rotatable bonds is 12. The molecule has 1 aliphatic rings. The van der Waals surface area contributed by atoms with Gasteiger partial charge < -0.3 is 9.84 Å². The lowest BCUT2D eigenvalue weighted by Gasteiger charge is -2.28. The first kappa shape index (κ1) is 28.5. The van der Waals surface area contributed by atoms with E-state index in [4.69, 9.17) is 21.4 Å². The molecule has 0 heterocycles. The fourth-order valence-corrected chi connectivity index (χ4v) is 4.62. The van der Waals surface area contributed by atoms with Gasteiger partial charge in [0.05, 0.1) is 17.2 Å². The van der Waals surface area contributed by atoms with Crippen LogP contribution in [0.4, 0.5) is 13.2 Å². The maximum atomic E-state index is 13.4. The second-order valence-corrected chi connectivity index (χ2v) is 9.32. The van der Waals surface area contributed by atoms with Gasteiger partial charge in [-0.3, -0.25) is 4.90 Å². The molecule has 2 aromatic carbocycles. The molecule has 8 heteroatoms. The standard InChI is InChI=1S/C29H31ClF3NO3/c1-2-22(23-10-4-3-5-11-23)19-34(20-24-12-7-14-26(28(24)30)29(31,32)33)15-8-16-37-25-13-6-9-21(17-25)18-27(35)36/h3-7,10-14,17-18,22H,2,8-9,15-16,19-20H2,1H3,(H,35,36)/t22-/m0/s1. The average Bonchev–Trinajstić information content (AvgIpc) is 2.85. The maximum Gasteiger partial charge on any atom is 0.417 e. The average molecular weight is 534 g/mol. The van der Waals surface area contributed by atoms with E-state index in [0.717, 1.165) is 18.6 Å². The third-order valence-electron chi connectivity index (χ3n) is 6.18. The summed E-state index contributed by atoms with van der Waals surface area (Å²) < 4.78 is 46.1. The minimum Gasteiger partial charge on any atom is -0.494 e. The summed E-state index contributed by atoms with van der Waals surface area (Å²) in [4.78, 5) is 13.0. The summed E-state index contributed by atoms with van der Waals surface area (Å²) in [5.74, 6) is -0.213. The lowest BCUT2D eigenvalue weighted by molar-refractivity contribution is -0.137. The van der Waals surface area contributed by atoms with Crippen molar-refractivity contribution in [2.45, 2.75) is 44.8 Å². The number of carboxylic acids is 1. The molecule has 1 aliphatic carbocycles. The van der Waals surface area contributed by atoms with Crippen LogP contribution in [0.25, 0.3) is 0 Å². The van der Waals surface area contributed by atoms with Crippen molar-refractivity contribution in [3.63, 3.8) is 0 Å². The second-order valence-electron chi connectivity index (χ2n) is 8.94. The van der Waals surface area contributed by atoms with Crippen LogP contribution >= 0.6 is 11.6 Å². The maximum absolute atomic E-state index is 13.4. The van der Waals surface area contributed by atoms with Crippen LogP contribution in [0.5, 0.6) is 0 Å². The molecule has 0 fully saturated rings. The molecule has 2 aromatic rings. The van der Waals surface area contributed by atoms with Crippen molar-refractivity contribution in [2.24, 2.45) is 0 Å². The zero-order chi connectivity index (χ0) is 26.8. The number of nitrogens with zero attached hydrogens (tertiary/aromatic N) is 1. The Labute approximate surface area is 220 Å². The van der Waals surface area contributed by atoms with Crippen LogP contribution in [0.3, 0.4) is 0 Å². The Kier molecular flexibility index (Phi) is 10.4. The van der Waals surface area contributed by atoms with Gasteiger partial charge in [0.1, 0.15) is 5.76 Å². The fraction of sp³-hybridized carbons (Fsp3) is 0.345. The molecule has 0 saturated heterocycles. The predicted octanol–water partition coefficient (Wildman–Crippen LogP) is 7.62. The van der Waals surface area contributed by atoms with E-state index in [1.165, 1.54) is 11.6 Å². The van der Waals surface area contributed by atoms with Crippen molar-refractivity contribution >= 4 is 17.6 Å². The molecule has 0 spiro atoms. The van der Waals surface area contributed by atoms with Crippen molar-refractivity contribution in [1.82, 2.24) is 4.90 Å². The van der Waals surface area contributed by atoms with Crippen molar-refractivity contribution in [3.05, 3.63) is 106 Å². The minimum absolute atomic E-state index is 0.208. The van der Waals surface area contributed by atoms with E-state index >= 15 is 0 Å². The van der Waals surface area contributed by atoms with Gasteiger partial charge in [-0.1, -0.05) is 67.1 Å². The lowest BCUT2D eigenvalue weighted by atomic mass is 9.95. The van der Waals surface area contributed by atoms with E-state index in [-0.39, 0.29) is 17.5 Å². The van der Waals surface area contributed by atoms with Crippen LogP contribution in [-0.4, -0.2) is 35.7 Å². The van der Waals surface area contributed by atoms with Gasteiger partial charge in [-0.15, -0.1) is 0 Å². The van der Waals surface area contributed by atoms with Gasteiger partial charge >= 0.3 is 12.1 Å². The number of allylic oxidation sites excluding steroid dienone is 4. The highest BCUT2D eigenvalue weighted by Gasteiger charge is 2.34. The summed E-state index contributed by atoms with van der Waals surface area (Å²) in [7, 11) is 0. The van der Waals surface area contributed by atoms with Crippen molar-refractivity contribution in [2.75, 3.05) is 19.7 Å². The van der Waals surface area contributed by atoms with Crippen LogP contribution in [0.2, 0.25) is 5.02 Å². The SMILES string of the molecule is CC[C@@H](CN(CCCOC1=CC(=CC(=O)O)CC=C1)Cc1cccc(C(F)(F)F)c1Cl)c1ccccc1. The highest BCUT2D eigenvalue weighted by Crippen LogP contribution is 2.36. The van der Waals surface area contributed by atoms with Gasteiger partial charge in [0.15, 0.2) is 0 Å². The van der Waals surface area contributed by atoms with Crippen LogP contribution in [0, 0.1) is 0 Å². The summed E-state index contributed by atoms with van der Waals surface area (Å²) in [5, 5.41) is 8.69. The van der Waals surface area contributed by atoms with Gasteiger partial charge in [0, 0.05) is 25.7 Å². The molecule has 4 nitrogen and oxygen atoms in total. The molecular weight excluding hydrogens is 503 g/mol. The molecule has 0 radical (unpaired) electrons. The predicted molar refractivity (Wildman–Crippen MR) is 139 cm³/mol. The van der Waals surface area contributed by atoms with Crippen LogP contribution in [0.15, 0.2) is 84.2 Å². The van der Waals surface area contributed by atoms with Crippen LogP contribution in [-0.2, 0) is 22.3 Å².